The molecule has 1 heterocycles. The van der Waals surface area contributed by atoms with Crippen molar-refractivity contribution in [3.05, 3.63) is 28.8 Å². The van der Waals surface area contributed by atoms with Gasteiger partial charge < -0.3 is 20.7 Å². The largest absolute Gasteiger partial charge is 0.384 e. The van der Waals surface area contributed by atoms with E-state index < -0.39 is 5.41 Å². The highest BCUT2D eigenvalue weighted by atomic mass is 35.5. The Morgan fingerprint density at radius 2 is 1.73 bits per heavy atom. The number of hydrogen-bond acceptors (Lipinski definition) is 4. The lowest BCUT2D eigenvalue weighted by Gasteiger charge is -2.35. The van der Waals surface area contributed by atoms with E-state index in [0.717, 1.165) is 35.5 Å². The summed E-state index contributed by atoms with van der Waals surface area (Å²) in [6, 6.07) is 4.06. The predicted molar refractivity (Wildman–Crippen MR) is 106 cm³/mol. The fourth-order valence-electron chi connectivity index (χ4n) is 3.53. The number of nitrogens with one attached hydrogen (secondary N) is 3. The number of hydrogen-bond donors (Lipinski definition) is 3. The SMILES string of the molecule is COCC1(C(=O)NCC(=O)Nc2c(C)cc(C)cc2C)CCNCC1.Cl. The predicted octanol–water partition coefficient (Wildman–Crippen LogP) is 2.10. The Bertz CT molecular complexity index is 614. The molecule has 1 aliphatic heterocycles. The molecule has 146 valence electrons. The van der Waals surface area contributed by atoms with Gasteiger partial charge in [0.2, 0.25) is 11.8 Å². The van der Waals surface area contributed by atoms with Crippen molar-refractivity contribution in [2.24, 2.45) is 5.41 Å². The Morgan fingerprint density at radius 3 is 2.27 bits per heavy atom. The first kappa shape index (κ1) is 22.4. The summed E-state index contributed by atoms with van der Waals surface area (Å²) in [5, 5.41) is 8.95. The summed E-state index contributed by atoms with van der Waals surface area (Å²) in [6.45, 7) is 7.87. The van der Waals surface area contributed by atoms with E-state index in [-0.39, 0.29) is 30.8 Å². The van der Waals surface area contributed by atoms with Crippen molar-refractivity contribution in [2.75, 3.05) is 38.7 Å². The van der Waals surface area contributed by atoms with E-state index in [1.54, 1.807) is 7.11 Å². The maximum absolute atomic E-state index is 12.6. The Balaban J connectivity index is 0.00000338. The van der Waals surface area contributed by atoms with Crippen LogP contribution in [-0.4, -0.2) is 45.2 Å². The molecule has 7 heteroatoms. The standard InChI is InChI=1S/C19H29N3O3.ClH/c1-13-9-14(2)17(15(3)10-13)22-16(23)11-21-18(24)19(12-25-4)5-7-20-8-6-19;/h9-10,20H,5-8,11-12H2,1-4H3,(H,21,24)(H,22,23);1H. The Hall–Kier alpha value is -1.63. The first-order chi connectivity index (χ1) is 11.9. The van der Waals surface area contributed by atoms with Crippen molar-refractivity contribution >= 4 is 29.9 Å². The minimum atomic E-state index is -0.546. The molecular weight excluding hydrogens is 354 g/mol. The monoisotopic (exact) mass is 383 g/mol. The third-order valence-electron chi connectivity index (χ3n) is 4.81. The van der Waals surface area contributed by atoms with E-state index in [1.807, 2.05) is 32.9 Å². The number of ether oxygens (including phenoxy) is 1. The molecule has 3 N–H and O–H groups in total. The number of aryl methyl sites for hydroxylation is 3. The summed E-state index contributed by atoms with van der Waals surface area (Å²) in [7, 11) is 1.60. The molecule has 0 aromatic heterocycles. The summed E-state index contributed by atoms with van der Waals surface area (Å²) >= 11 is 0. The van der Waals surface area contributed by atoms with Crippen molar-refractivity contribution in [3.63, 3.8) is 0 Å². The van der Waals surface area contributed by atoms with Gasteiger partial charge in [0.1, 0.15) is 0 Å². The zero-order valence-electron chi connectivity index (χ0n) is 16.0. The molecule has 1 saturated heterocycles. The number of benzene rings is 1. The number of piperidine rings is 1. The van der Waals surface area contributed by atoms with E-state index in [4.69, 9.17) is 4.74 Å². The molecule has 0 bridgehead atoms. The number of methoxy groups -OCH3 is 1. The molecule has 1 fully saturated rings. The van der Waals surface area contributed by atoms with Gasteiger partial charge in [-0.1, -0.05) is 17.7 Å². The van der Waals surface area contributed by atoms with E-state index in [2.05, 4.69) is 16.0 Å². The fourth-order valence-corrected chi connectivity index (χ4v) is 3.53. The lowest BCUT2D eigenvalue weighted by Crippen LogP contribution is -2.51. The van der Waals surface area contributed by atoms with Gasteiger partial charge in [-0.3, -0.25) is 9.59 Å². The van der Waals surface area contributed by atoms with Gasteiger partial charge in [0, 0.05) is 12.8 Å². The average Bonchev–Trinajstić information content (AvgIpc) is 2.57. The van der Waals surface area contributed by atoms with Crippen molar-refractivity contribution < 1.29 is 14.3 Å². The highest BCUT2D eigenvalue weighted by Gasteiger charge is 2.39. The molecule has 1 aromatic rings. The molecule has 0 saturated carbocycles. The minimum Gasteiger partial charge on any atom is -0.384 e. The number of amides is 2. The highest BCUT2D eigenvalue weighted by molar-refractivity contribution is 5.96. The van der Waals surface area contributed by atoms with Crippen LogP contribution in [0.15, 0.2) is 12.1 Å². The molecule has 1 aliphatic rings. The zero-order chi connectivity index (χ0) is 18.4. The van der Waals surface area contributed by atoms with Gasteiger partial charge in [0.25, 0.3) is 0 Å². The summed E-state index contributed by atoms with van der Waals surface area (Å²) in [5.74, 6) is -0.326. The molecule has 26 heavy (non-hydrogen) atoms. The van der Waals surface area contributed by atoms with Crippen LogP contribution in [0.5, 0.6) is 0 Å². The van der Waals surface area contributed by atoms with Gasteiger partial charge in [-0.15, -0.1) is 12.4 Å². The Morgan fingerprint density at radius 1 is 1.15 bits per heavy atom. The summed E-state index contributed by atoms with van der Waals surface area (Å²) < 4.78 is 5.26. The number of carbonyl (C=O) groups is 2. The molecular formula is C19H30ClN3O3. The normalized spacial score (nSPS) is 15.7. The highest BCUT2D eigenvalue weighted by Crippen LogP contribution is 2.29. The molecule has 0 radical (unpaired) electrons. The smallest absolute Gasteiger partial charge is 0.243 e. The van der Waals surface area contributed by atoms with Crippen LogP contribution < -0.4 is 16.0 Å². The lowest BCUT2D eigenvalue weighted by atomic mass is 9.78. The first-order valence-corrected chi connectivity index (χ1v) is 8.73. The molecule has 2 amide bonds. The molecule has 2 rings (SSSR count). The fraction of sp³-hybridized carbons (Fsp3) is 0.579. The second-order valence-electron chi connectivity index (χ2n) is 6.97. The number of halogens is 1. The molecule has 6 nitrogen and oxygen atoms in total. The maximum Gasteiger partial charge on any atom is 0.243 e. The Kier molecular flexibility index (Phi) is 8.53. The number of carbonyl (C=O) groups excluding carboxylic acids is 2. The third kappa shape index (κ3) is 5.43. The van der Waals surface area contributed by atoms with Crippen LogP contribution in [0.3, 0.4) is 0 Å². The topological polar surface area (TPSA) is 79.5 Å². The van der Waals surface area contributed by atoms with Crippen molar-refractivity contribution in [1.82, 2.24) is 10.6 Å². The van der Waals surface area contributed by atoms with Gasteiger partial charge in [-0.2, -0.15) is 0 Å². The second kappa shape index (κ2) is 9.90. The summed E-state index contributed by atoms with van der Waals surface area (Å²) in [6.07, 6.45) is 1.43. The van der Waals surface area contributed by atoms with Crippen LogP contribution >= 0.6 is 12.4 Å². The van der Waals surface area contributed by atoms with Gasteiger partial charge in [-0.25, -0.2) is 0 Å². The van der Waals surface area contributed by atoms with Crippen molar-refractivity contribution in [1.29, 1.82) is 0 Å². The van der Waals surface area contributed by atoms with Gasteiger partial charge >= 0.3 is 0 Å². The third-order valence-corrected chi connectivity index (χ3v) is 4.81. The zero-order valence-corrected chi connectivity index (χ0v) is 16.8. The average molecular weight is 384 g/mol. The van der Waals surface area contributed by atoms with E-state index >= 15 is 0 Å². The molecule has 0 unspecified atom stereocenters. The van der Waals surface area contributed by atoms with E-state index in [0.29, 0.717) is 19.4 Å². The van der Waals surface area contributed by atoms with Crippen LogP contribution in [0.4, 0.5) is 5.69 Å². The summed E-state index contributed by atoms with van der Waals surface area (Å²) in [5.41, 5.74) is 3.47. The maximum atomic E-state index is 12.6. The summed E-state index contributed by atoms with van der Waals surface area (Å²) in [4.78, 5) is 24.9. The van der Waals surface area contributed by atoms with Crippen molar-refractivity contribution in [2.45, 2.75) is 33.6 Å². The van der Waals surface area contributed by atoms with Crippen LogP contribution in [0, 0.1) is 26.2 Å². The number of rotatable bonds is 6. The quantitative estimate of drug-likeness (QED) is 0.702. The van der Waals surface area contributed by atoms with Gasteiger partial charge in [0.15, 0.2) is 0 Å². The van der Waals surface area contributed by atoms with Crippen molar-refractivity contribution in [3.8, 4) is 0 Å². The van der Waals surface area contributed by atoms with E-state index in [9.17, 15) is 9.59 Å². The van der Waals surface area contributed by atoms with Crippen LogP contribution in [0.2, 0.25) is 0 Å². The molecule has 0 spiro atoms. The molecule has 0 aliphatic carbocycles. The van der Waals surface area contributed by atoms with E-state index in [1.165, 1.54) is 0 Å². The second-order valence-corrected chi connectivity index (χ2v) is 6.97. The minimum absolute atomic E-state index is 0. The first-order valence-electron chi connectivity index (χ1n) is 8.73. The lowest BCUT2D eigenvalue weighted by molar-refractivity contribution is -0.137. The van der Waals surface area contributed by atoms with Gasteiger partial charge in [0.05, 0.1) is 18.6 Å². The molecule has 1 aromatic carbocycles. The number of anilines is 1. The van der Waals surface area contributed by atoms with Crippen LogP contribution in [-0.2, 0) is 14.3 Å². The molecule has 0 atom stereocenters. The Labute approximate surface area is 161 Å². The van der Waals surface area contributed by atoms with Crippen LogP contribution in [0.1, 0.15) is 29.5 Å². The van der Waals surface area contributed by atoms with Crippen LogP contribution in [0.25, 0.3) is 0 Å². The van der Waals surface area contributed by atoms with Gasteiger partial charge in [-0.05, 0) is 57.8 Å².